The highest BCUT2D eigenvalue weighted by Crippen LogP contribution is 2.21. The monoisotopic (exact) mass is 281 g/mol. The molecule has 1 aliphatic heterocycles. The van der Waals surface area contributed by atoms with Crippen molar-refractivity contribution in [1.29, 1.82) is 0 Å². The van der Waals surface area contributed by atoms with Gasteiger partial charge < -0.3 is 9.64 Å². The maximum Gasteiger partial charge on any atom is 0.248 e. The second kappa shape index (κ2) is 6.10. The Labute approximate surface area is 125 Å². The third-order valence-electron chi connectivity index (χ3n) is 3.80. The molecule has 3 heteroatoms. The van der Waals surface area contributed by atoms with Gasteiger partial charge in [-0.3, -0.25) is 4.79 Å². The van der Waals surface area contributed by atoms with Crippen LogP contribution in [0.4, 0.5) is 0 Å². The molecule has 1 fully saturated rings. The Morgan fingerprint density at radius 1 is 1.00 bits per heavy atom. The van der Waals surface area contributed by atoms with E-state index < -0.39 is 0 Å². The lowest BCUT2D eigenvalue weighted by molar-refractivity contribution is -0.143. The molecule has 0 bridgehead atoms. The van der Waals surface area contributed by atoms with Gasteiger partial charge in [0.1, 0.15) is 6.61 Å². The van der Waals surface area contributed by atoms with Crippen LogP contribution in [-0.4, -0.2) is 30.6 Å². The van der Waals surface area contributed by atoms with Gasteiger partial charge in [-0.2, -0.15) is 0 Å². The van der Waals surface area contributed by atoms with Crippen molar-refractivity contribution in [1.82, 2.24) is 4.90 Å². The maximum absolute atomic E-state index is 11.7. The summed E-state index contributed by atoms with van der Waals surface area (Å²) in [4.78, 5) is 13.6. The van der Waals surface area contributed by atoms with E-state index in [1.165, 1.54) is 16.7 Å². The van der Waals surface area contributed by atoms with Gasteiger partial charge in [0, 0.05) is 13.1 Å². The van der Waals surface area contributed by atoms with Crippen LogP contribution in [0, 0.1) is 6.92 Å². The van der Waals surface area contributed by atoms with Crippen molar-refractivity contribution in [2.75, 3.05) is 19.8 Å². The normalized spacial score (nSPS) is 15.3. The molecule has 0 atom stereocenters. The molecular formula is C18H19NO2. The van der Waals surface area contributed by atoms with Crippen molar-refractivity contribution >= 4 is 5.91 Å². The zero-order chi connectivity index (χ0) is 14.7. The number of rotatable bonds is 3. The van der Waals surface area contributed by atoms with Gasteiger partial charge in [0.15, 0.2) is 0 Å². The highest BCUT2D eigenvalue weighted by Gasteiger charge is 2.18. The van der Waals surface area contributed by atoms with Gasteiger partial charge in [-0.25, -0.2) is 0 Å². The molecule has 0 N–H and O–H groups in total. The summed E-state index contributed by atoms with van der Waals surface area (Å²) in [5.41, 5.74) is 4.84. The molecule has 0 aromatic heterocycles. The fourth-order valence-corrected chi connectivity index (χ4v) is 2.49. The van der Waals surface area contributed by atoms with Gasteiger partial charge >= 0.3 is 0 Å². The maximum atomic E-state index is 11.7. The Morgan fingerprint density at radius 2 is 1.62 bits per heavy atom. The van der Waals surface area contributed by atoms with E-state index in [0.717, 1.165) is 5.56 Å². The van der Waals surface area contributed by atoms with Crippen LogP contribution in [0.1, 0.15) is 11.1 Å². The highest BCUT2D eigenvalue weighted by atomic mass is 16.5. The molecule has 2 aromatic carbocycles. The number of morpholine rings is 1. The fourth-order valence-electron chi connectivity index (χ4n) is 2.49. The molecule has 0 aliphatic carbocycles. The standard InChI is InChI=1S/C18H19NO2/c1-14-2-6-16(7-3-14)17-8-4-15(5-9-17)12-19-10-11-21-13-18(19)20/h2-9H,10-13H2,1H3. The number of hydrogen-bond donors (Lipinski definition) is 0. The van der Waals surface area contributed by atoms with E-state index in [4.69, 9.17) is 4.74 Å². The fraction of sp³-hybridized carbons (Fsp3) is 0.278. The zero-order valence-corrected chi connectivity index (χ0v) is 12.2. The van der Waals surface area contributed by atoms with Gasteiger partial charge in [-0.05, 0) is 23.6 Å². The minimum Gasteiger partial charge on any atom is -0.370 e. The first kappa shape index (κ1) is 13.8. The highest BCUT2D eigenvalue weighted by molar-refractivity contribution is 5.78. The molecule has 3 nitrogen and oxygen atoms in total. The van der Waals surface area contributed by atoms with Crippen LogP contribution in [0.25, 0.3) is 11.1 Å². The molecule has 3 rings (SSSR count). The Morgan fingerprint density at radius 3 is 2.24 bits per heavy atom. The van der Waals surface area contributed by atoms with E-state index >= 15 is 0 Å². The largest absolute Gasteiger partial charge is 0.370 e. The molecule has 0 spiro atoms. The summed E-state index contributed by atoms with van der Waals surface area (Å²) in [6.07, 6.45) is 0. The van der Waals surface area contributed by atoms with E-state index in [2.05, 4.69) is 55.5 Å². The Kier molecular flexibility index (Phi) is 4.02. The topological polar surface area (TPSA) is 29.5 Å². The smallest absolute Gasteiger partial charge is 0.248 e. The predicted molar refractivity (Wildman–Crippen MR) is 82.9 cm³/mol. The SMILES string of the molecule is Cc1ccc(-c2ccc(CN3CCOCC3=O)cc2)cc1. The first-order chi connectivity index (χ1) is 10.2. The molecule has 1 aliphatic rings. The lowest BCUT2D eigenvalue weighted by Crippen LogP contribution is -2.40. The van der Waals surface area contributed by atoms with Crippen molar-refractivity contribution in [3.63, 3.8) is 0 Å². The van der Waals surface area contributed by atoms with Crippen LogP contribution in [-0.2, 0) is 16.1 Å². The van der Waals surface area contributed by atoms with Crippen molar-refractivity contribution in [3.8, 4) is 11.1 Å². The first-order valence-corrected chi connectivity index (χ1v) is 7.24. The van der Waals surface area contributed by atoms with Crippen LogP contribution < -0.4 is 0 Å². The van der Waals surface area contributed by atoms with E-state index in [-0.39, 0.29) is 12.5 Å². The average Bonchev–Trinajstić information content (AvgIpc) is 2.51. The van der Waals surface area contributed by atoms with Gasteiger partial charge in [-0.15, -0.1) is 0 Å². The van der Waals surface area contributed by atoms with Crippen molar-refractivity contribution in [3.05, 3.63) is 59.7 Å². The van der Waals surface area contributed by atoms with E-state index in [0.29, 0.717) is 19.7 Å². The molecule has 108 valence electrons. The average molecular weight is 281 g/mol. The van der Waals surface area contributed by atoms with E-state index in [9.17, 15) is 4.79 Å². The number of aryl methyl sites for hydroxylation is 1. The van der Waals surface area contributed by atoms with E-state index in [1.807, 2.05) is 4.90 Å². The molecule has 0 unspecified atom stereocenters. The number of amides is 1. The third kappa shape index (κ3) is 3.31. The zero-order valence-electron chi connectivity index (χ0n) is 12.2. The molecular weight excluding hydrogens is 262 g/mol. The summed E-state index contributed by atoms with van der Waals surface area (Å²) in [5, 5.41) is 0. The quantitative estimate of drug-likeness (QED) is 0.865. The van der Waals surface area contributed by atoms with Crippen molar-refractivity contribution < 1.29 is 9.53 Å². The predicted octanol–water partition coefficient (Wildman–Crippen LogP) is 3.02. The van der Waals surface area contributed by atoms with Crippen LogP contribution in [0.2, 0.25) is 0 Å². The first-order valence-electron chi connectivity index (χ1n) is 7.24. The molecule has 1 amide bonds. The van der Waals surface area contributed by atoms with Crippen LogP contribution in [0.5, 0.6) is 0 Å². The van der Waals surface area contributed by atoms with Gasteiger partial charge in [0.25, 0.3) is 0 Å². The minimum atomic E-state index is 0.0730. The molecule has 0 saturated carbocycles. The number of benzene rings is 2. The number of nitrogens with zero attached hydrogens (tertiary/aromatic N) is 1. The lowest BCUT2D eigenvalue weighted by Gasteiger charge is -2.26. The Bertz CT molecular complexity index is 617. The molecule has 21 heavy (non-hydrogen) atoms. The number of carbonyl (C=O) groups excluding carboxylic acids is 1. The summed E-state index contributed by atoms with van der Waals surface area (Å²) >= 11 is 0. The summed E-state index contributed by atoms with van der Waals surface area (Å²) < 4.78 is 5.15. The minimum absolute atomic E-state index is 0.0730. The summed E-state index contributed by atoms with van der Waals surface area (Å²) in [6, 6.07) is 16.9. The number of ether oxygens (including phenoxy) is 1. The second-order valence-electron chi connectivity index (χ2n) is 5.43. The summed E-state index contributed by atoms with van der Waals surface area (Å²) in [6.45, 7) is 4.27. The lowest BCUT2D eigenvalue weighted by atomic mass is 10.0. The molecule has 2 aromatic rings. The Hall–Kier alpha value is -2.13. The van der Waals surface area contributed by atoms with Crippen LogP contribution >= 0.6 is 0 Å². The van der Waals surface area contributed by atoms with Gasteiger partial charge in [0.05, 0.1) is 6.61 Å². The third-order valence-corrected chi connectivity index (χ3v) is 3.80. The number of carbonyl (C=O) groups is 1. The van der Waals surface area contributed by atoms with Crippen molar-refractivity contribution in [2.45, 2.75) is 13.5 Å². The van der Waals surface area contributed by atoms with Crippen molar-refractivity contribution in [2.24, 2.45) is 0 Å². The van der Waals surface area contributed by atoms with Crippen LogP contribution in [0.15, 0.2) is 48.5 Å². The number of hydrogen-bond acceptors (Lipinski definition) is 2. The van der Waals surface area contributed by atoms with E-state index in [1.54, 1.807) is 0 Å². The van der Waals surface area contributed by atoms with Gasteiger partial charge in [0.2, 0.25) is 5.91 Å². The van der Waals surface area contributed by atoms with Gasteiger partial charge in [-0.1, -0.05) is 54.1 Å². The molecule has 1 heterocycles. The summed E-state index contributed by atoms with van der Waals surface area (Å²) in [7, 11) is 0. The molecule has 0 radical (unpaired) electrons. The Balaban J connectivity index is 1.71. The summed E-state index contributed by atoms with van der Waals surface area (Å²) in [5.74, 6) is 0.0730. The second-order valence-corrected chi connectivity index (χ2v) is 5.43. The molecule has 1 saturated heterocycles. The van der Waals surface area contributed by atoms with Crippen LogP contribution in [0.3, 0.4) is 0 Å².